The van der Waals surface area contributed by atoms with E-state index in [1.165, 1.54) is 14.0 Å². The highest BCUT2D eigenvalue weighted by atomic mass is 16.5. The van der Waals surface area contributed by atoms with Crippen molar-refractivity contribution in [1.29, 1.82) is 0 Å². The van der Waals surface area contributed by atoms with Crippen LogP contribution in [0, 0.1) is 5.92 Å². The third kappa shape index (κ3) is 7.07. The van der Waals surface area contributed by atoms with Crippen LogP contribution in [0.2, 0.25) is 0 Å². The van der Waals surface area contributed by atoms with Crippen LogP contribution in [-0.2, 0) is 16.1 Å². The van der Waals surface area contributed by atoms with Gasteiger partial charge in [-0.1, -0.05) is 30.3 Å². The largest absolute Gasteiger partial charge is 0.493 e. The summed E-state index contributed by atoms with van der Waals surface area (Å²) in [6.07, 6.45) is 2.33. The van der Waals surface area contributed by atoms with E-state index < -0.39 is 0 Å². The zero-order valence-corrected chi connectivity index (χ0v) is 19.3. The summed E-state index contributed by atoms with van der Waals surface area (Å²) < 4.78 is 11.0. The molecule has 1 aliphatic rings. The Labute approximate surface area is 195 Å². The van der Waals surface area contributed by atoms with Gasteiger partial charge in [-0.3, -0.25) is 14.4 Å². The number of rotatable bonds is 10. The van der Waals surface area contributed by atoms with E-state index in [9.17, 15) is 14.4 Å². The van der Waals surface area contributed by atoms with Crippen LogP contribution in [0.1, 0.15) is 48.5 Å². The summed E-state index contributed by atoms with van der Waals surface area (Å²) in [4.78, 5) is 38.3. The summed E-state index contributed by atoms with van der Waals surface area (Å²) in [7, 11) is 1.53. The molecule has 1 heterocycles. The fraction of sp³-hybridized carbons (Fsp3) is 0.423. The van der Waals surface area contributed by atoms with Crippen molar-refractivity contribution in [3.8, 4) is 11.5 Å². The quantitative estimate of drug-likeness (QED) is 0.440. The number of nitrogens with zero attached hydrogens (tertiary/aromatic N) is 1. The monoisotopic (exact) mass is 452 g/mol. The average Bonchev–Trinajstić information content (AvgIpc) is 2.85. The molecule has 1 N–H and O–H groups in total. The number of amides is 2. The highest BCUT2D eigenvalue weighted by Gasteiger charge is 2.27. The number of piperidine rings is 1. The molecule has 0 bridgehead atoms. The minimum Gasteiger partial charge on any atom is -0.493 e. The van der Waals surface area contributed by atoms with Gasteiger partial charge in [0.25, 0.3) is 0 Å². The minimum atomic E-state index is -0.0495. The van der Waals surface area contributed by atoms with E-state index in [1.54, 1.807) is 18.2 Å². The van der Waals surface area contributed by atoms with Gasteiger partial charge >= 0.3 is 0 Å². The third-order valence-corrected chi connectivity index (χ3v) is 5.89. The van der Waals surface area contributed by atoms with E-state index in [0.29, 0.717) is 69.0 Å². The molecule has 3 rings (SSSR count). The smallest absolute Gasteiger partial charge is 0.223 e. The van der Waals surface area contributed by atoms with Gasteiger partial charge in [0.05, 0.1) is 13.7 Å². The molecule has 1 aliphatic heterocycles. The molecule has 0 radical (unpaired) electrons. The van der Waals surface area contributed by atoms with Gasteiger partial charge in [0.2, 0.25) is 11.8 Å². The Morgan fingerprint density at radius 3 is 2.42 bits per heavy atom. The highest BCUT2D eigenvalue weighted by molar-refractivity contribution is 5.94. The molecule has 0 spiro atoms. The van der Waals surface area contributed by atoms with Crippen molar-refractivity contribution < 1.29 is 23.9 Å². The fourth-order valence-corrected chi connectivity index (χ4v) is 3.89. The normalized spacial score (nSPS) is 13.9. The van der Waals surface area contributed by atoms with E-state index in [4.69, 9.17) is 9.47 Å². The van der Waals surface area contributed by atoms with Crippen molar-refractivity contribution in [2.75, 3.05) is 26.8 Å². The van der Waals surface area contributed by atoms with E-state index in [1.807, 2.05) is 35.2 Å². The number of likely N-dealkylation sites (tertiary alicyclic amines) is 1. The maximum absolute atomic E-state index is 12.5. The van der Waals surface area contributed by atoms with Crippen LogP contribution < -0.4 is 14.8 Å². The van der Waals surface area contributed by atoms with Crippen LogP contribution in [0.25, 0.3) is 0 Å². The van der Waals surface area contributed by atoms with Gasteiger partial charge in [-0.05, 0) is 49.9 Å². The number of hydrogen-bond acceptors (Lipinski definition) is 5. The molecule has 2 amide bonds. The number of carbonyl (C=O) groups is 3. The van der Waals surface area contributed by atoms with E-state index in [-0.39, 0.29) is 23.5 Å². The Hall–Kier alpha value is -3.35. The first-order valence-corrected chi connectivity index (χ1v) is 11.4. The standard InChI is InChI=1S/C26H32N2O5/c1-19(29)22-10-11-23(24(17-22)32-2)33-16-6-9-25(30)28-14-12-21(13-15-28)26(31)27-18-20-7-4-3-5-8-20/h3-5,7-8,10-11,17,21H,6,9,12-16,18H2,1-2H3,(H,27,31). The van der Waals surface area contributed by atoms with Crippen LogP contribution in [0.15, 0.2) is 48.5 Å². The van der Waals surface area contributed by atoms with E-state index in [2.05, 4.69) is 5.32 Å². The first-order valence-electron chi connectivity index (χ1n) is 11.4. The molecular formula is C26H32N2O5. The average molecular weight is 453 g/mol. The summed E-state index contributed by atoms with van der Waals surface area (Å²) >= 11 is 0. The zero-order chi connectivity index (χ0) is 23.6. The first kappa shape index (κ1) is 24.3. The summed E-state index contributed by atoms with van der Waals surface area (Å²) in [5.41, 5.74) is 1.64. The zero-order valence-electron chi connectivity index (χ0n) is 19.3. The number of carbonyl (C=O) groups excluding carboxylic acids is 3. The van der Waals surface area contributed by atoms with Gasteiger partial charge < -0.3 is 19.7 Å². The number of hydrogen-bond donors (Lipinski definition) is 1. The number of nitrogens with one attached hydrogen (secondary N) is 1. The van der Waals surface area contributed by atoms with Crippen LogP contribution in [0.3, 0.4) is 0 Å². The molecule has 7 heteroatoms. The van der Waals surface area contributed by atoms with Gasteiger partial charge in [-0.2, -0.15) is 0 Å². The van der Waals surface area contributed by atoms with E-state index in [0.717, 1.165) is 5.56 Å². The second-order valence-corrected chi connectivity index (χ2v) is 8.23. The van der Waals surface area contributed by atoms with Crippen molar-refractivity contribution in [1.82, 2.24) is 10.2 Å². The van der Waals surface area contributed by atoms with Crippen molar-refractivity contribution in [2.24, 2.45) is 5.92 Å². The van der Waals surface area contributed by atoms with Gasteiger partial charge in [-0.15, -0.1) is 0 Å². The van der Waals surface area contributed by atoms with Crippen LogP contribution in [0.4, 0.5) is 0 Å². The Balaban J connectivity index is 1.36. The number of Topliss-reactive ketones (excluding diaryl/α,β-unsaturated/α-hetero) is 1. The summed E-state index contributed by atoms with van der Waals surface area (Å²) in [6.45, 7) is 3.61. The lowest BCUT2D eigenvalue weighted by Gasteiger charge is -2.31. The number of ether oxygens (including phenoxy) is 2. The molecule has 1 saturated heterocycles. The molecule has 1 fully saturated rings. The number of benzene rings is 2. The van der Waals surface area contributed by atoms with Crippen LogP contribution in [0.5, 0.6) is 11.5 Å². The Bertz CT molecular complexity index is 952. The topological polar surface area (TPSA) is 84.9 Å². The second kappa shape index (κ2) is 12.0. The van der Waals surface area contributed by atoms with Gasteiger partial charge in [0.1, 0.15) is 0 Å². The third-order valence-electron chi connectivity index (χ3n) is 5.89. The molecule has 0 saturated carbocycles. The number of ketones is 1. The fourth-order valence-electron chi connectivity index (χ4n) is 3.89. The summed E-state index contributed by atoms with van der Waals surface area (Å²) in [5, 5.41) is 3.00. The van der Waals surface area contributed by atoms with Gasteiger partial charge in [0, 0.05) is 37.5 Å². The second-order valence-electron chi connectivity index (χ2n) is 8.23. The Kier molecular flexibility index (Phi) is 8.87. The SMILES string of the molecule is COc1cc(C(C)=O)ccc1OCCCC(=O)N1CCC(C(=O)NCc2ccccc2)CC1. The maximum Gasteiger partial charge on any atom is 0.223 e. The van der Waals surface area contributed by atoms with Gasteiger partial charge in [-0.25, -0.2) is 0 Å². The minimum absolute atomic E-state index is 0.0390. The van der Waals surface area contributed by atoms with Crippen LogP contribution in [-0.4, -0.2) is 49.3 Å². The van der Waals surface area contributed by atoms with Crippen molar-refractivity contribution in [3.63, 3.8) is 0 Å². The number of methoxy groups -OCH3 is 1. The predicted molar refractivity (Wildman–Crippen MR) is 125 cm³/mol. The van der Waals surface area contributed by atoms with Crippen molar-refractivity contribution >= 4 is 17.6 Å². The lowest BCUT2D eigenvalue weighted by Crippen LogP contribution is -2.42. The molecule has 0 aliphatic carbocycles. The lowest BCUT2D eigenvalue weighted by atomic mass is 9.95. The summed E-state index contributed by atoms with van der Waals surface area (Å²) in [6, 6.07) is 14.9. The molecule has 7 nitrogen and oxygen atoms in total. The first-order chi connectivity index (χ1) is 16.0. The molecule has 2 aromatic rings. The van der Waals surface area contributed by atoms with Gasteiger partial charge in [0.15, 0.2) is 17.3 Å². The molecule has 0 unspecified atom stereocenters. The summed E-state index contributed by atoms with van der Waals surface area (Å²) in [5.74, 6) is 1.11. The molecule has 0 atom stereocenters. The van der Waals surface area contributed by atoms with Crippen LogP contribution >= 0.6 is 0 Å². The Morgan fingerprint density at radius 2 is 1.76 bits per heavy atom. The van der Waals surface area contributed by atoms with Crippen molar-refractivity contribution in [3.05, 3.63) is 59.7 Å². The maximum atomic E-state index is 12.5. The molecule has 176 valence electrons. The molecular weight excluding hydrogens is 420 g/mol. The van der Waals surface area contributed by atoms with E-state index >= 15 is 0 Å². The molecule has 2 aromatic carbocycles. The predicted octanol–water partition coefficient (Wildman–Crippen LogP) is 3.61. The highest BCUT2D eigenvalue weighted by Crippen LogP contribution is 2.28. The molecule has 0 aromatic heterocycles. The Morgan fingerprint density at radius 1 is 1.03 bits per heavy atom. The van der Waals surface area contributed by atoms with Crippen molar-refractivity contribution in [2.45, 2.75) is 39.2 Å². The molecule has 33 heavy (non-hydrogen) atoms. The lowest BCUT2D eigenvalue weighted by molar-refractivity contribution is -0.135.